The highest BCUT2D eigenvalue weighted by atomic mass is 35.5. The molecule has 80 valence electrons. The van der Waals surface area contributed by atoms with Crippen molar-refractivity contribution in [2.75, 3.05) is 13.6 Å². The highest BCUT2D eigenvalue weighted by Crippen LogP contribution is 2.27. The molecule has 0 radical (unpaired) electrons. The number of hydrogen-bond donors (Lipinski definition) is 1. The number of carbonyl (C=O) groups is 1. The molecule has 1 aromatic carbocycles. The lowest BCUT2D eigenvalue weighted by atomic mass is 10.1. The van der Waals surface area contributed by atoms with Crippen LogP contribution in [-0.4, -0.2) is 24.5 Å². The number of carbonyl (C=O) groups excluding carboxylic acids is 1. The highest BCUT2D eigenvalue weighted by Gasteiger charge is 2.26. The minimum absolute atomic E-state index is 0.00253. The van der Waals surface area contributed by atoms with Gasteiger partial charge in [0.15, 0.2) is 0 Å². The van der Waals surface area contributed by atoms with Crippen LogP contribution < -0.4 is 5.32 Å². The van der Waals surface area contributed by atoms with Gasteiger partial charge in [0.05, 0.1) is 16.1 Å². The molecule has 1 unspecified atom stereocenters. The van der Waals surface area contributed by atoms with Crippen LogP contribution in [0.25, 0.3) is 0 Å². The molecule has 1 saturated heterocycles. The summed E-state index contributed by atoms with van der Waals surface area (Å²) in [6.45, 7) is 0.650. The molecule has 2 rings (SSSR count). The van der Waals surface area contributed by atoms with Crippen LogP contribution in [0.2, 0.25) is 10.0 Å². The second kappa shape index (κ2) is 3.91. The van der Waals surface area contributed by atoms with Gasteiger partial charge in [0.1, 0.15) is 0 Å². The van der Waals surface area contributed by atoms with Crippen molar-refractivity contribution in [2.24, 2.45) is 0 Å². The largest absolute Gasteiger partial charge is 0.329 e. The van der Waals surface area contributed by atoms with E-state index in [9.17, 15) is 4.79 Å². The first-order valence-electron chi connectivity index (χ1n) is 4.54. The quantitative estimate of drug-likeness (QED) is 0.810. The fourth-order valence-electron chi connectivity index (χ4n) is 1.58. The van der Waals surface area contributed by atoms with Crippen molar-refractivity contribution < 1.29 is 4.79 Å². The summed E-state index contributed by atoms with van der Waals surface area (Å²) in [5.74, 6) is 0. The first-order valence-corrected chi connectivity index (χ1v) is 5.30. The van der Waals surface area contributed by atoms with E-state index in [0.29, 0.717) is 16.6 Å². The van der Waals surface area contributed by atoms with Crippen molar-refractivity contribution in [2.45, 2.75) is 6.04 Å². The van der Waals surface area contributed by atoms with Gasteiger partial charge < -0.3 is 10.2 Å². The lowest BCUT2D eigenvalue weighted by Crippen LogP contribution is -2.23. The number of rotatable bonds is 1. The van der Waals surface area contributed by atoms with E-state index in [2.05, 4.69) is 5.32 Å². The van der Waals surface area contributed by atoms with Crippen molar-refractivity contribution in [1.82, 2.24) is 10.2 Å². The van der Waals surface area contributed by atoms with E-state index in [-0.39, 0.29) is 12.1 Å². The Kier molecular flexibility index (Phi) is 2.76. The van der Waals surface area contributed by atoms with Crippen molar-refractivity contribution in [3.05, 3.63) is 33.8 Å². The van der Waals surface area contributed by atoms with E-state index in [4.69, 9.17) is 23.2 Å². The summed E-state index contributed by atoms with van der Waals surface area (Å²) >= 11 is 11.7. The molecule has 0 bridgehead atoms. The van der Waals surface area contributed by atoms with Gasteiger partial charge in [0.25, 0.3) is 0 Å². The molecule has 0 spiro atoms. The Balaban J connectivity index is 2.24. The molecule has 15 heavy (non-hydrogen) atoms. The molecule has 0 aromatic heterocycles. The molecular weight excluding hydrogens is 235 g/mol. The molecule has 1 fully saturated rings. The van der Waals surface area contributed by atoms with Crippen LogP contribution in [0.15, 0.2) is 18.2 Å². The summed E-state index contributed by atoms with van der Waals surface area (Å²) in [6, 6.07) is 5.33. The number of urea groups is 1. The van der Waals surface area contributed by atoms with E-state index in [0.717, 1.165) is 5.56 Å². The molecule has 0 saturated carbocycles. The van der Waals surface area contributed by atoms with Crippen LogP contribution in [0.4, 0.5) is 4.79 Å². The number of amides is 2. The van der Waals surface area contributed by atoms with E-state index < -0.39 is 0 Å². The van der Waals surface area contributed by atoms with E-state index in [1.807, 2.05) is 6.07 Å². The maximum Gasteiger partial charge on any atom is 0.317 e. The van der Waals surface area contributed by atoms with Gasteiger partial charge in [-0.15, -0.1) is 0 Å². The topological polar surface area (TPSA) is 32.3 Å². The maximum absolute atomic E-state index is 11.3. The zero-order valence-electron chi connectivity index (χ0n) is 8.13. The zero-order chi connectivity index (χ0) is 11.0. The second-order valence-electron chi connectivity index (χ2n) is 3.56. The minimum atomic E-state index is -0.0638. The lowest BCUT2D eigenvalue weighted by Gasteiger charge is -2.10. The van der Waals surface area contributed by atoms with Crippen LogP contribution in [0, 0.1) is 0 Å². The maximum atomic E-state index is 11.3. The van der Waals surface area contributed by atoms with Gasteiger partial charge in [0.2, 0.25) is 0 Å². The number of hydrogen-bond acceptors (Lipinski definition) is 1. The number of nitrogens with one attached hydrogen (secondary N) is 1. The van der Waals surface area contributed by atoms with Crippen LogP contribution >= 0.6 is 23.2 Å². The van der Waals surface area contributed by atoms with E-state index >= 15 is 0 Å². The second-order valence-corrected chi connectivity index (χ2v) is 4.37. The Bertz CT molecular complexity index is 408. The molecule has 2 amide bonds. The third kappa shape index (κ3) is 2.03. The Morgan fingerprint density at radius 1 is 1.40 bits per heavy atom. The number of halogens is 2. The van der Waals surface area contributed by atoms with Crippen molar-refractivity contribution in [3.8, 4) is 0 Å². The standard InChI is InChI=1S/C10H10Cl2N2O/c1-14-5-9(13-10(14)15)6-2-3-7(11)8(12)4-6/h2-4,9H,5H2,1H3,(H,13,15). The smallest absolute Gasteiger partial charge is 0.317 e. The van der Waals surface area contributed by atoms with Crippen LogP contribution in [0.3, 0.4) is 0 Å². The Morgan fingerprint density at radius 2 is 2.13 bits per heavy atom. The van der Waals surface area contributed by atoms with Gasteiger partial charge in [-0.1, -0.05) is 29.3 Å². The summed E-state index contributed by atoms with van der Waals surface area (Å²) in [4.78, 5) is 12.9. The predicted octanol–water partition coefficient (Wildman–Crippen LogP) is 2.69. The first kappa shape index (κ1) is 10.6. The van der Waals surface area contributed by atoms with Gasteiger partial charge in [-0.05, 0) is 17.7 Å². The molecular formula is C10H10Cl2N2O. The molecule has 5 heteroatoms. The Hall–Kier alpha value is -0.930. The molecule has 1 heterocycles. The SMILES string of the molecule is CN1CC(c2ccc(Cl)c(Cl)c2)NC1=O. The summed E-state index contributed by atoms with van der Waals surface area (Å²) < 4.78 is 0. The van der Waals surface area contributed by atoms with Gasteiger partial charge >= 0.3 is 6.03 Å². The number of nitrogens with zero attached hydrogens (tertiary/aromatic N) is 1. The predicted molar refractivity (Wildman–Crippen MR) is 60.4 cm³/mol. The van der Waals surface area contributed by atoms with Gasteiger partial charge in [-0.2, -0.15) is 0 Å². The summed E-state index contributed by atoms with van der Waals surface area (Å²) in [5.41, 5.74) is 0.974. The monoisotopic (exact) mass is 244 g/mol. The number of likely N-dealkylation sites (N-methyl/N-ethyl adjacent to an activating group) is 1. The normalized spacial score (nSPS) is 20.6. The Morgan fingerprint density at radius 3 is 2.67 bits per heavy atom. The average Bonchev–Trinajstić information content (AvgIpc) is 2.52. The minimum Gasteiger partial charge on any atom is -0.329 e. The summed E-state index contributed by atoms with van der Waals surface area (Å²) in [6.07, 6.45) is 0. The zero-order valence-corrected chi connectivity index (χ0v) is 9.64. The molecule has 1 aliphatic rings. The van der Waals surface area contributed by atoms with Crippen molar-refractivity contribution in [3.63, 3.8) is 0 Å². The van der Waals surface area contributed by atoms with Gasteiger partial charge in [0, 0.05) is 13.6 Å². The third-order valence-electron chi connectivity index (χ3n) is 2.45. The number of benzene rings is 1. The third-order valence-corrected chi connectivity index (χ3v) is 3.19. The molecule has 0 aliphatic carbocycles. The summed E-state index contributed by atoms with van der Waals surface area (Å²) in [5, 5.41) is 3.89. The first-order chi connectivity index (χ1) is 7.08. The average molecular weight is 245 g/mol. The van der Waals surface area contributed by atoms with Crippen LogP contribution in [0.5, 0.6) is 0 Å². The van der Waals surface area contributed by atoms with E-state index in [1.165, 1.54) is 0 Å². The molecule has 1 atom stereocenters. The lowest BCUT2D eigenvalue weighted by molar-refractivity contribution is 0.226. The highest BCUT2D eigenvalue weighted by molar-refractivity contribution is 6.42. The van der Waals surface area contributed by atoms with Crippen molar-refractivity contribution in [1.29, 1.82) is 0 Å². The molecule has 1 N–H and O–H groups in total. The Labute approximate surface area is 98.0 Å². The van der Waals surface area contributed by atoms with Gasteiger partial charge in [-0.25, -0.2) is 4.79 Å². The molecule has 3 nitrogen and oxygen atoms in total. The van der Waals surface area contributed by atoms with E-state index in [1.54, 1.807) is 24.1 Å². The molecule has 1 aliphatic heterocycles. The fraction of sp³-hybridized carbons (Fsp3) is 0.300. The van der Waals surface area contributed by atoms with Crippen LogP contribution in [0.1, 0.15) is 11.6 Å². The van der Waals surface area contributed by atoms with Crippen molar-refractivity contribution >= 4 is 29.2 Å². The molecule has 1 aromatic rings. The van der Waals surface area contributed by atoms with Crippen LogP contribution in [-0.2, 0) is 0 Å². The summed E-state index contributed by atoms with van der Waals surface area (Å²) in [7, 11) is 1.76. The van der Waals surface area contributed by atoms with Gasteiger partial charge in [-0.3, -0.25) is 0 Å². The fourth-order valence-corrected chi connectivity index (χ4v) is 1.89.